The van der Waals surface area contributed by atoms with Crippen molar-refractivity contribution in [3.05, 3.63) is 83.1 Å². The van der Waals surface area contributed by atoms with E-state index in [-0.39, 0.29) is 18.0 Å². The Balaban J connectivity index is 1.86. The Morgan fingerprint density at radius 1 is 1.10 bits per heavy atom. The molecule has 0 bridgehead atoms. The second-order valence-corrected chi connectivity index (χ2v) is 9.31. The number of nitrogens with zero attached hydrogens (tertiary/aromatic N) is 2. The Morgan fingerprint density at radius 3 is 2.42 bits per heavy atom. The fourth-order valence-electron chi connectivity index (χ4n) is 2.81. The van der Waals surface area contributed by atoms with Crippen LogP contribution in [0.15, 0.2) is 82.4 Å². The van der Waals surface area contributed by atoms with E-state index in [0.29, 0.717) is 18.0 Å². The third kappa shape index (κ3) is 6.05. The summed E-state index contributed by atoms with van der Waals surface area (Å²) < 4.78 is 34.0. The molecule has 31 heavy (non-hydrogen) atoms. The third-order valence-corrected chi connectivity index (χ3v) is 6.65. The van der Waals surface area contributed by atoms with Crippen molar-refractivity contribution in [3.8, 4) is 5.75 Å². The van der Waals surface area contributed by atoms with E-state index in [1.165, 1.54) is 12.1 Å². The number of ether oxygens (including phenoxy) is 1. The monoisotopic (exact) mass is 503 g/mol. The number of pyridine rings is 1. The summed E-state index contributed by atoms with van der Waals surface area (Å²) in [6.45, 7) is 2.25. The predicted molar refractivity (Wildman–Crippen MR) is 122 cm³/mol. The number of hydrogen-bond acceptors (Lipinski definition) is 5. The van der Waals surface area contributed by atoms with Gasteiger partial charge in [-0.2, -0.15) is 0 Å². The van der Waals surface area contributed by atoms with Crippen molar-refractivity contribution in [2.75, 3.05) is 17.5 Å². The highest BCUT2D eigenvalue weighted by atomic mass is 79.9. The van der Waals surface area contributed by atoms with Gasteiger partial charge in [0.25, 0.3) is 10.0 Å². The lowest BCUT2D eigenvalue weighted by molar-refractivity contribution is -0.119. The van der Waals surface area contributed by atoms with Crippen molar-refractivity contribution in [1.82, 2.24) is 10.3 Å². The number of amides is 1. The van der Waals surface area contributed by atoms with Crippen molar-refractivity contribution in [3.63, 3.8) is 0 Å². The second kappa shape index (κ2) is 10.4. The molecule has 0 saturated carbocycles. The van der Waals surface area contributed by atoms with E-state index in [4.69, 9.17) is 4.74 Å². The van der Waals surface area contributed by atoms with Gasteiger partial charge in [-0.3, -0.25) is 14.1 Å². The quantitative estimate of drug-likeness (QED) is 0.480. The summed E-state index contributed by atoms with van der Waals surface area (Å²) in [7, 11) is -3.98. The van der Waals surface area contributed by atoms with Crippen LogP contribution in [-0.4, -0.2) is 32.5 Å². The minimum Gasteiger partial charge on any atom is -0.494 e. The van der Waals surface area contributed by atoms with Crippen molar-refractivity contribution in [1.29, 1.82) is 0 Å². The van der Waals surface area contributed by atoms with Crippen LogP contribution < -0.4 is 14.4 Å². The highest BCUT2D eigenvalue weighted by Crippen LogP contribution is 2.26. The zero-order valence-corrected chi connectivity index (χ0v) is 19.3. The van der Waals surface area contributed by atoms with Crippen LogP contribution in [0.3, 0.4) is 0 Å². The number of carbonyl (C=O) groups is 1. The van der Waals surface area contributed by atoms with Crippen molar-refractivity contribution < 1.29 is 17.9 Å². The molecule has 0 aliphatic heterocycles. The fraction of sp³-hybridized carbons (Fsp3) is 0.182. The van der Waals surface area contributed by atoms with Crippen molar-refractivity contribution in [2.45, 2.75) is 18.4 Å². The number of benzene rings is 2. The van der Waals surface area contributed by atoms with Gasteiger partial charge in [0.15, 0.2) is 0 Å². The molecule has 1 N–H and O–H groups in total. The Morgan fingerprint density at radius 2 is 1.81 bits per heavy atom. The fourth-order valence-corrected chi connectivity index (χ4v) is 4.50. The van der Waals surface area contributed by atoms with Gasteiger partial charge in [-0.25, -0.2) is 8.42 Å². The summed E-state index contributed by atoms with van der Waals surface area (Å²) in [5, 5.41) is 2.75. The minimum absolute atomic E-state index is 0.0876. The van der Waals surface area contributed by atoms with Gasteiger partial charge in [-0.05, 0) is 67.1 Å². The molecule has 0 aliphatic carbocycles. The van der Waals surface area contributed by atoms with E-state index in [2.05, 4.69) is 26.2 Å². The first-order valence-corrected chi connectivity index (χ1v) is 11.8. The van der Waals surface area contributed by atoms with E-state index in [1.54, 1.807) is 54.9 Å². The number of sulfonamides is 1. The lowest BCUT2D eigenvalue weighted by atomic mass is 10.3. The Hall–Kier alpha value is -2.91. The molecule has 9 heteroatoms. The SMILES string of the molecule is CCOc1ccc(N(CC(=O)NCc2cccnc2)S(=O)(=O)c2ccc(Br)cc2)cc1. The topological polar surface area (TPSA) is 88.6 Å². The molecule has 0 aliphatic rings. The number of nitrogens with one attached hydrogen (secondary N) is 1. The summed E-state index contributed by atoms with van der Waals surface area (Å²) in [4.78, 5) is 16.7. The molecule has 0 radical (unpaired) electrons. The first-order valence-electron chi connectivity index (χ1n) is 9.57. The normalized spacial score (nSPS) is 11.0. The van der Waals surface area contributed by atoms with Gasteiger partial charge in [0.2, 0.25) is 5.91 Å². The number of hydrogen-bond donors (Lipinski definition) is 1. The van der Waals surface area contributed by atoms with Gasteiger partial charge in [-0.15, -0.1) is 0 Å². The molecule has 0 unspecified atom stereocenters. The highest BCUT2D eigenvalue weighted by molar-refractivity contribution is 9.10. The van der Waals surface area contributed by atoms with E-state index in [1.807, 2.05) is 13.0 Å². The van der Waals surface area contributed by atoms with Gasteiger partial charge < -0.3 is 10.1 Å². The van der Waals surface area contributed by atoms with E-state index in [0.717, 1.165) is 14.3 Å². The minimum atomic E-state index is -3.98. The summed E-state index contributed by atoms with van der Waals surface area (Å²) in [6, 6.07) is 16.5. The lowest BCUT2D eigenvalue weighted by Crippen LogP contribution is -2.40. The molecule has 0 saturated heterocycles. The van der Waals surface area contributed by atoms with Crippen LogP contribution in [0.2, 0.25) is 0 Å². The molecule has 0 fully saturated rings. The molecule has 0 spiro atoms. The standard InChI is InChI=1S/C22H22BrN3O4S/c1-2-30-20-9-7-19(8-10-20)26(31(28,29)21-11-5-18(23)6-12-21)16-22(27)25-15-17-4-3-13-24-14-17/h3-14H,2,15-16H2,1H3,(H,25,27). The summed E-state index contributed by atoms with van der Waals surface area (Å²) >= 11 is 3.31. The maximum atomic E-state index is 13.4. The van der Waals surface area contributed by atoms with Gasteiger partial charge in [-0.1, -0.05) is 22.0 Å². The highest BCUT2D eigenvalue weighted by Gasteiger charge is 2.27. The van der Waals surface area contributed by atoms with Crippen LogP contribution in [0.1, 0.15) is 12.5 Å². The van der Waals surface area contributed by atoms with Crippen LogP contribution in [0.25, 0.3) is 0 Å². The van der Waals surface area contributed by atoms with Crippen LogP contribution >= 0.6 is 15.9 Å². The van der Waals surface area contributed by atoms with Gasteiger partial charge in [0.05, 0.1) is 17.2 Å². The molecule has 0 atom stereocenters. The zero-order chi connectivity index (χ0) is 22.3. The average Bonchev–Trinajstić information content (AvgIpc) is 2.78. The van der Waals surface area contributed by atoms with Crippen LogP contribution in [0.4, 0.5) is 5.69 Å². The maximum absolute atomic E-state index is 13.4. The van der Waals surface area contributed by atoms with E-state index in [9.17, 15) is 13.2 Å². The number of anilines is 1. The zero-order valence-electron chi connectivity index (χ0n) is 16.9. The Bertz CT molecular complexity index is 1110. The summed E-state index contributed by atoms with van der Waals surface area (Å²) in [5.41, 5.74) is 1.18. The van der Waals surface area contributed by atoms with Gasteiger partial charge in [0, 0.05) is 23.4 Å². The van der Waals surface area contributed by atoms with Crippen molar-refractivity contribution >= 4 is 37.5 Å². The molecule has 3 rings (SSSR count). The van der Waals surface area contributed by atoms with E-state index < -0.39 is 15.9 Å². The molecule has 3 aromatic rings. The predicted octanol–water partition coefficient (Wildman–Crippen LogP) is 3.75. The smallest absolute Gasteiger partial charge is 0.264 e. The molecule has 1 heterocycles. The summed E-state index contributed by atoms with van der Waals surface area (Å²) in [6.07, 6.45) is 3.28. The van der Waals surface area contributed by atoms with E-state index >= 15 is 0 Å². The molecule has 1 amide bonds. The molecular formula is C22H22BrN3O4S. The number of carbonyl (C=O) groups excluding carboxylic acids is 1. The molecule has 162 valence electrons. The van der Waals surface area contributed by atoms with Crippen LogP contribution in [-0.2, 0) is 21.4 Å². The van der Waals surface area contributed by atoms with Gasteiger partial charge >= 0.3 is 0 Å². The third-order valence-electron chi connectivity index (χ3n) is 4.34. The molecule has 7 nitrogen and oxygen atoms in total. The molecular weight excluding hydrogens is 482 g/mol. The molecule has 2 aromatic carbocycles. The van der Waals surface area contributed by atoms with Gasteiger partial charge in [0.1, 0.15) is 12.3 Å². The first-order chi connectivity index (χ1) is 14.9. The Labute approximate surface area is 190 Å². The summed E-state index contributed by atoms with van der Waals surface area (Å²) in [5.74, 6) is 0.187. The largest absolute Gasteiger partial charge is 0.494 e. The molecule has 1 aromatic heterocycles. The van der Waals surface area contributed by atoms with Crippen LogP contribution in [0.5, 0.6) is 5.75 Å². The number of rotatable bonds is 9. The first kappa shape index (κ1) is 22.8. The van der Waals surface area contributed by atoms with Crippen LogP contribution in [0, 0.1) is 0 Å². The van der Waals surface area contributed by atoms with Crippen molar-refractivity contribution in [2.24, 2.45) is 0 Å². The number of halogens is 1. The Kier molecular flexibility index (Phi) is 7.64. The average molecular weight is 504 g/mol. The second-order valence-electron chi connectivity index (χ2n) is 6.53. The number of aromatic nitrogens is 1. The maximum Gasteiger partial charge on any atom is 0.264 e. The lowest BCUT2D eigenvalue weighted by Gasteiger charge is -2.24.